The minimum atomic E-state index is -2.36. The van der Waals surface area contributed by atoms with E-state index >= 15 is 4.79 Å². The van der Waals surface area contributed by atoms with Gasteiger partial charge in [0.1, 0.15) is 170 Å². The molecule has 129 heavy (non-hydrogen) atoms. The van der Waals surface area contributed by atoms with Gasteiger partial charge in [0.25, 0.3) is 0 Å². The molecular formula is C83H130O46. The van der Waals surface area contributed by atoms with Crippen LogP contribution in [0.25, 0.3) is 0 Å². The summed E-state index contributed by atoms with van der Waals surface area (Å²) in [7, 11) is 0. The molecule has 32 unspecified atom stereocenters. The number of aldehydes is 1. The lowest BCUT2D eigenvalue weighted by Crippen LogP contribution is -2.70. The van der Waals surface area contributed by atoms with Crippen LogP contribution in [-0.4, -0.2) is 445 Å². The molecule has 0 amide bonds. The summed E-state index contributed by atoms with van der Waals surface area (Å²) in [6.07, 6.45) is -75.7. The Morgan fingerprint density at radius 1 is 0.457 bits per heavy atom. The van der Waals surface area contributed by atoms with Crippen LogP contribution in [0.2, 0.25) is 0 Å². The Morgan fingerprint density at radius 2 is 0.961 bits per heavy atom. The summed E-state index contributed by atoms with van der Waals surface area (Å²) >= 11 is 0. The first-order valence-electron chi connectivity index (χ1n) is 44.1. The fraction of sp³-hybridized carbons (Fsp3) is 0.928. The van der Waals surface area contributed by atoms with Crippen LogP contribution in [0.1, 0.15) is 127 Å². The fourth-order valence-electron chi connectivity index (χ4n) is 23.2. The van der Waals surface area contributed by atoms with Crippen LogP contribution in [0.15, 0.2) is 11.6 Å². The molecule has 46 heteroatoms. The molecule has 0 spiro atoms. The highest BCUT2D eigenvalue weighted by Crippen LogP contribution is 2.76. The van der Waals surface area contributed by atoms with Gasteiger partial charge in [-0.05, 0) is 118 Å². The smallest absolute Gasteiger partial charge is 0.335 e. The number of allylic oxidation sites excluding steroid dienone is 2. The molecular weight excluding hydrogens is 1730 g/mol. The molecule has 4 saturated carbocycles. The van der Waals surface area contributed by atoms with Gasteiger partial charge in [0.15, 0.2) is 68.6 Å². The molecule has 14 aliphatic rings. The Balaban J connectivity index is 0.780. The number of aliphatic hydroxyl groups excluding tert-OH is 21. The molecule has 9 heterocycles. The first kappa shape index (κ1) is 101. The first-order chi connectivity index (χ1) is 60.5. The van der Waals surface area contributed by atoms with Crippen LogP contribution >= 0.6 is 0 Å². The van der Waals surface area contributed by atoms with E-state index in [-0.39, 0.29) is 44.4 Å². The van der Waals surface area contributed by atoms with Crippen LogP contribution in [-0.2, 0) is 109 Å². The number of hydrogen-bond acceptors (Lipinski definition) is 45. The molecule has 0 aromatic carbocycles. The molecule has 14 rings (SSSR count). The van der Waals surface area contributed by atoms with E-state index < -0.39 is 366 Å². The highest BCUT2D eigenvalue weighted by Gasteiger charge is 2.74. The summed E-state index contributed by atoms with van der Waals surface area (Å²) < 4.78 is 117. The number of rotatable bonds is 24. The molecule has 9 saturated heterocycles. The number of carbonyl (C=O) groups is 4. The molecule has 0 bridgehead atoms. The predicted molar refractivity (Wildman–Crippen MR) is 416 cm³/mol. The van der Waals surface area contributed by atoms with E-state index in [0.29, 0.717) is 19.3 Å². The normalized spacial score (nSPS) is 54.1. The number of hydrogen-bond donors (Lipinski definition) is 23. The molecule has 0 radical (unpaired) electrons. The van der Waals surface area contributed by atoms with E-state index in [1.807, 2.05) is 20.8 Å². The van der Waals surface area contributed by atoms with Gasteiger partial charge in [0.05, 0.1) is 75.6 Å². The summed E-state index contributed by atoms with van der Waals surface area (Å²) in [6.45, 7) is 12.1. The second-order valence-corrected chi connectivity index (χ2v) is 39.4. The van der Waals surface area contributed by atoms with Gasteiger partial charge in [-0.1, -0.05) is 53.2 Å². The van der Waals surface area contributed by atoms with Crippen molar-refractivity contribution < 1.29 is 227 Å². The summed E-state index contributed by atoms with van der Waals surface area (Å²) in [4.78, 5) is 57.7. The molecule has 0 aromatic heterocycles. The van der Waals surface area contributed by atoms with E-state index in [9.17, 15) is 132 Å². The highest BCUT2D eigenvalue weighted by atomic mass is 16.8. The molecule has 9 aliphatic heterocycles. The predicted octanol–water partition coefficient (Wildman–Crippen LogP) is -9.10. The molecule has 738 valence electrons. The Morgan fingerprint density at radius 3 is 1.55 bits per heavy atom. The average Bonchev–Trinajstić information content (AvgIpc) is 1.43. The monoisotopic (exact) mass is 1860 g/mol. The number of ether oxygens (including phenoxy) is 19. The van der Waals surface area contributed by atoms with Crippen LogP contribution in [0.5, 0.6) is 0 Å². The van der Waals surface area contributed by atoms with E-state index in [1.165, 1.54) is 20.8 Å². The van der Waals surface area contributed by atoms with Gasteiger partial charge in [0.2, 0.25) is 6.29 Å². The lowest BCUT2D eigenvalue weighted by Gasteiger charge is -2.71. The van der Waals surface area contributed by atoms with Crippen molar-refractivity contribution in [1.82, 2.24) is 0 Å². The molecule has 13 fully saturated rings. The summed E-state index contributed by atoms with van der Waals surface area (Å²) in [5.74, 6) is -5.60. The third kappa shape index (κ3) is 18.0. The standard InChI is InChI=1S/C83H130O46/c1-28-42(92)46(96)50(100)69(114-28)126-62-57(117-31(4)88)30(3)116-73(64(62)128-72-55(105)60(124-70-51(101)47(97)44(94)36(21-84)118-70)56(29(2)115-72)121-68-54(104)58(35(90)24-112-68)122-75-65(106)82(110,26-87)27-113-75)129-76(109)83-18-17-77(5,6)19-33(83)32-11-12-39-78(7)15-14-41(79(8,25-86)38(78)13-16-80(39,9)81(32,10)20-40(83)91)120-74-63(127-71-52(102)48(98)45(95)37(22-85)119-71)59(53(103)61(125-74)66(107)108)123-67-49(99)43(93)34(89)23-111-67/h11,25,28-30,33-65,67-75,84-85,87,89-106,110H,12-24,26-27H2,1-10H3,(H,107,108)/t28?,29?,30?,33?,34-,35-,36?,37?,38?,39?,40?,41+,42+,43?,44-,45+,46?,47?,48?,49?,50?,51?,52?,53+,54?,55?,56+,57+,58?,59?,60?,61?,62?,63?,64?,65?,67+,68+,69+,70+,71+,72+,73+,74-,75+,78?,79?,80?,81?,82?,83-/m1/s1. The second kappa shape index (κ2) is 38.6. The summed E-state index contributed by atoms with van der Waals surface area (Å²) in [5, 5.41) is 257. The van der Waals surface area contributed by atoms with Crippen molar-refractivity contribution in [2.75, 3.05) is 39.6 Å². The number of carboxylic acids is 1. The zero-order valence-corrected chi connectivity index (χ0v) is 72.9. The average molecular weight is 1860 g/mol. The van der Waals surface area contributed by atoms with Gasteiger partial charge >= 0.3 is 17.9 Å². The SMILES string of the molecule is CC(=O)O[C@H]1C(C)O[C@@H](OC(=O)[C@]23CCC(C)(C)CC2C2=CCC4C5(C)CC[C@H](O[C@@H]6OC(C(=O)O)[C@@H](O)C(O[C@@H]7OC[C@@H](O)C(O)C7O)C6O[C@@H]6OC(CO)[C@H](O)C(O)C6O)C(C)(C=O)C5CCC4(C)C2(C)CC3O)C(O[C@@H]2OC(C)[C@H](O[C@@H]3OC[C@@H](O)C(O[C@@H]4OCC(O)(CO)C4O)C3O)C(O[C@@H]3OC(CO)[C@@H](O)C(O)C3O)C2O)C1O[C@@H]1OC(C)[C@H](O)C(O)C1O. The van der Waals surface area contributed by atoms with Crippen molar-refractivity contribution in [1.29, 1.82) is 0 Å². The third-order valence-electron chi connectivity index (χ3n) is 31.0. The van der Waals surface area contributed by atoms with Gasteiger partial charge in [0, 0.05) is 6.92 Å². The van der Waals surface area contributed by atoms with Gasteiger partial charge < -0.3 is 212 Å². The number of aliphatic hydroxyl groups is 22. The zero-order chi connectivity index (χ0) is 94.2. The van der Waals surface area contributed by atoms with Crippen molar-refractivity contribution in [3.05, 3.63) is 11.6 Å². The van der Waals surface area contributed by atoms with E-state index in [2.05, 4.69) is 19.9 Å². The third-order valence-corrected chi connectivity index (χ3v) is 31.0. The number of carboxylic acid groups (broad SMARTS) is 1. The van der Waals surface area contributed by atoms with E-state index in [0.717, 1.165) is 18.8 Å². The topological polar surface area (TPSA) is 709 Å². The van der Waals surface area contributed by atoms with Gasteiger partial charge in [-0.3, -0.25) is 9.59 Å². The molecule has 5 aliphatic carbocycles. The molecule has 23 N–H and O–H groups in total. The van der Waals surface area contributed by atoms with Gasteiger partial charge in [-0.2, -0.15) is 0 Å². The fourth-order valence-corrected chi connectivity index (χ4v) is 23.2. The van der Waals surface area contributed by atoms with Crippen molar-refractivity contribution in [2.24, 2.45) is 50.2 Å². The number of carbonyl (C=O) groups excluding carboxylic acids is 3. The molecule has 46 nitrogen and oxygen atoms in total. The van der Waals surface area contributed by atoms with Gasteiger partial charge in [-0.25, -0.2) is 4.79 Å². The Labute approximate surface area is 740 Å². The van der Waals surface area contributed by atoms with Gasteiger partial charge in [-0.15, -0.1) is 0 Å². The van der Waals surface area contributed by atoms with Crippen LogP contribution < -0.4 is 0 Å². The zero-order valence-electron chi connectivity index (χ0n) is 72.9. The quantitative estimate of drug-likeness (QED) is 0.0185. The first-order valence-corrected chi connectivity index (χ1v) is 44.1. The number of aliphatic carboxylic acids is 1. The van der Waals surface area contributed by atoms with Crippen molar-refractivity contribution in [3.63, 3.8) is 0 Å². The molecule has 51 atom stereocenters. The Hall–Kier alpha value is -3.74. The second-order valence-electron chi connectivity index (χ2n) is 39.4. The summed E-state index contributed by atoms with van der Waals surface area (Å²) in [6, 6.07) is 0. The van der Waals surface area contributed by atoms with E-state index in [1.54, 1.807) is 6.92 Å². The number of esters is 2. The maximum Gasteiger partial charge on any atom is 0.335 e. The van der Waals surface area contributed by atoms with E-state index in [4.69, 9.17) is 90.0 Å². The maximum absolute atomic E-state index is 16.7. The largest absolute Gasteiger partial charge is 0.479 e. The Kier molecular flexibility index (Phi) is 30.2. The van der Waals surface area contributed by atoms with Crippen molar-refractivity contribution in [2.45, 2.75) is 391 Å². The van der Waals surface area contributed by atoms with Crippen LogP contribution in [0.3, 0.4) is 0 Å². The minimum Gasteiger partial charge on any atom is -0.479 e. The van der Waals surface area contributed by atoms with Crippen molar-refractivity contribution in [3.8, 4) is 0 Å². The highest BCUT2D eigenvalue weighted by molar-refractivity contribution is 5.80. The lowest BCUT2D eigenvalue weighted by atomic mass is 9.33. The van der Waals surface area contributed by atoms with Crippen LogP contribution in [0, 0.1) is 50.2 Å². The minimum absolute atomic E-state index is 0.0230. The molecule has 0 aromatic rings. The van der Waals surface area contributed by atoms with Crippen LogP contribution in [0.4, 0.5) is 0 Å². The Bertz CT molecular complexity index is 3890. The lowest BCUT2D eigenvalue weighted by molar-refractivity contribution is -0.404. The summed E-state index contributed by atoms with van der Waals surface area (Å²) in [5.41, 5.74) is -8.00. The van der Waals surface area contributed by atoms with Crippen molar-refractivity contribution >= 4 is 24.2 Å². The number of fused-ring (bicyclic) bond motifs is 7. The maximum atomic E-state index is 16.7.